The minimum Gasteiger partial charge on any atom is -0.325 e. The third kappa shape index (κ3) is 5.31. The number of nitrogens with one attached hydrogen (secondary N) is 1. The molecule has 0 saturated carbocycles. The Kier molecular flexibility index (Phi) is 6.60. The van der Waals surface area contributed by atoms with Crippen LogP contribution in [0, 0.1) is 6.92 Å². The normalized spacial score (nSPS) is 11.4. The first kappa shape index (κ1) is 22.7. The molecular weight excluding hydrogens is 430 g/mol. The molecule has 1 N–H and O–H groups in total. The second-order valence-corrected chi connectivity index (χ2v) is 9.77. The largest absolute Gasteiger partial charge is 0.325 e. The molecule has 0 aliphatic rings. The van der Waals surface area contributed by atoms with E-state index >= 15 is 0 Å². The van der Waals surface area contributed by atoms with E-state index in [0.717, 1.165) is 28.2 Å². The molecule has 0 saturated heterocycles. The number of benzene rings is 2. The van der Waals surface area contributed by atoms with Crippen LogP contribution in [0.5, 0.6) is 0 Å². The molecule has 7 heteroatoms. The van der Waals surface area contributed by atoms with Crippen LogP contribution in [0.15, 0.2) is 78.1 Å². The summed E-state index contributed by atoms with van der Waals surface area (Å²) in [7, 11) is 0. The highest BCUT2D eigenvalue weighted by atomic mass is 32.2. The van der Waals surface area contributed by atoms with Gasteiger partial charge in [0, 0.05) is 17.6 Å². The standard InChI is InChI=1S/C26H27N5OS/c1-18-12-14-19(15-13-18)31-24(22-11-7-8-16-27-22)29-30-25(31)33-17-23(32)28-21-10-6-5-9-20(21)26(2,3)4/h5-16H,17H2,1-4H3,(H,28,32). The van der Waals surface area contributed by atoms with Crippen molar-refractivity contribution in [2.45, 2.75) is 38.3 Å². The summed E-state index contributed by atoms with van der Waals surface area (Å²) in [6.45, 7) is 8.45. The molecule has 0 unspecified atom stereocenters. The smallest absolute Gasteiger partial charge is 0.234 e. The highest BCUT2D eigenvalue weighted by Crippen LogP contribution is 2.30. The lowest BCUT2D eigenvalue weighted by atomic mass is 9.86. The molecule has 168 valence electrons. The van der Waals surface area contributed by atoms with Crippen molar-refractivity contribution in [3.8, 4) is 17.2 Å². The molecule has 2 heterocycles. The van der Waals surface area contributed by atoms with Crippen LogP contribution in [0.2, 0.25) is 0 Å². The van der Waals surface area contributed by atoms with Gasteiger partial charge in [-0.15, -0.1) is 10.2 Å². The minimum atomic E-state index is -0.0884. The van der Waals surface area contributed by atoms with Gasteiger partial charge >= 0.3 is 0 Å². The fourth-order valence-electron chi connectivity index (χ4n) is 3.51. The summed E-state index contributed by atoms with van der Waals surface area (Å²) in [4.78, 5) is 17.3. The van der Waals surface area contributed by atoms with Crippen LogP contribution < -0.4 is 5.32 Å². The molecule has 4 rings (SSSR count). The van der Waals surface area contributed by atoms with Crippen molar-refractivity contribution in [1.29, 1.82) is 0 Å². The first-order chi connectivity index (χ1) is 15.8. The molecule has 0 spiro atoms. The van der Waals surface area contributed by atoms with E-state index in [1.165, 1.54) is 11.8 Å². The fraction of sp³-hybridized carbons (Fsp3) is 0.231. The molecule has 0 radical (unpaired) electrons. The maximum Gasteiger partial charge on any atom is 0.234 e. The molecule has 4 aromatic rings. The summed E-state index contributed by atoms with van der Waals surface area (Å²) >= 11 is 1.35. The number of hydrogen-bond donors (Lipinski definition) is 1. The topological polar surface area (TPSA) is 72.7 Å². The Bertz CT molecular complexity index is 1240. The number of amides is 1. The molecule has 2 aromatic heterocycles. The Labute approximate surface area is 198 Å². The summed E-state index contributed by atoms with van der Waals surface area (Å²) in [6.07, 6.45) is 1.73. The van der Waals surface area contributed by atoms with Crippen molar-refractivity contribution in [2.24, 2.45) is 0 Å². The summed E-state index contributed by atoms with van der Waals surface area (Å²) in [5.41, 5.74) is 4.68. The quantitative estimate of drug-likeness (QED) is 0.378. The van der Waals surface area contributed by atoms with Crippen LogP contribution in [0.25, 0.3) is 17.2 Å². The van der Waals surface area contributed by atoms with Gasteiger partial charge in [0.2, 0.25) is 5.91 Å². The first-order valence-electron chi connectivity index (χ1n) is 10.8. The predicted octanol–water partition coefficient (Wildman–Crippen LogP) is 5.67. The van der Waals surface area contributed by atoms with Crippen LogP contribution >= 0.6 is 11.8 Å². The monoisotopic (exact) mass is 457 g/mol. The van der Waals surface area contributed by atoms with Crippen molar-refractivity contribution < 1.29 is 4.79 Å². The van der Waals surface area contributed by atoms with Gasteiger partial charge in [0.05, 0.1) is 5.75 Å². The summed E-state index contributed by atoms with van der Waals surface area (Å²) in [5.74, 6) is 0.764. The molecule has 6 nitrogen and oxygen atoms in total. The second kappa shape index (κ2) is 9.58. The molecule has 0 aliphatic carbocycles. The third-order valence-electron chi connectivity index (χ3n) is 5.16. The number of anilines is 1. The van der Waals surface area contributed by atoms with Crippen molar-refractivity contribution in [1.82, 2.24) is 19.7 Å². The number of carbonyl (C=O) groups is 1. The zero-order chi connectivity index (χ0) is 23.4. The van der Waals surface area contributed by atoms with Crippen molar-refractivity contribution in [3.63, 3.8) is 0 Å². The average molecular weight is 458 g/mol. The highest BCUT2D eigenvalue weighted by molar-refractivity contribution is 7.99. The number of rotatable bonds is 6. The Hall–Kier alpha value is -3.45. The average Bonchev–Trinajstić information content (AvgIpc) is 3.22. The minimum absolute atomic E-state index is 0.0692. The first-order valence-corrected chi connectivity index (χ1v) is 11.8. The molecule has 0 fully saturated rings. The third-order valence-corrected chi connectivity index (χ3v) is 6.09. The van der Waals surface area contributed by atoms with Crippen LogP contribution in [-0.4, -0.2) is 31.4 Å². The van der Waals surface area contributed by atoms with E-state index in [4.69, 9.17) is 0 Å². The van der Waals surface area contributed by atoms with Gasteiger partial charge in [-0.2, -0.15) is 0 Å². The number of para-hydroxylation sites is 1. The molecule has 1 amide bonds. The van der Waals surface area contributed by atoms with Crippen molar-refractivity contribution >= 4 is 23.4 Å². The van der Waals surface area contributed by atoms with Crippen LogP contribution in [0.4, 0.5) is 5.69 Å². The van der Waals surface area contributed by atoms with Gasteiger partial charge in [-0.05, 0) is 48.2 Å². The molecule has 0 bridgehead atoms. The van der Waals surface area contributed by atoms with Gasteiger partial charge in [-0.25, -0.2) is 0 Å². The van der Waals surface area contributed by atoms with Crippen molar-refractivity contribution in [3.05, 3.63) is 84.1 Å². The van der Waals surface area contributed by atoms with Gasteiger partial charge in [-0.1, -0.05) is 74.5 Å². The Morgan fingerprint density at radius 3 is 2.39 bits per heavy atom. The Balaban J connectivity index is 1.58. The Morgan fingerprint density at radius 2 is 1.70 bits per heavy atom. The van der Waals surface area contributed by atoms with E-state index in [0.29, 0.717) is 11.0 Å². The zero-order valence-corrected chi connectivity index (χ0v) is 20.1. The zero-order valence-electron chi connectivity index (χ0n) is 19.2. The SMILES string of the molecule is Cc1ccc(-n2c(SCC(=O)Nc3ccccc3C(C)(C)C)nnc2-c2ccccn2)cc1. The number of carbonyl (C=O) groups excluding carboxylic acids is 1. The molecule has 2 aromatic carbocycles. The molecule has 33 heavy (non-hydrogen) atoms. The van der Waals surface area contributed by atoms with E-state index in [1.807, 2.05) is 72.2 Å². The Morgan fingerprint density at radius 1 is 0.970 bits per heavy atom. The molecule has 0 aliphatic heterocycles. The molecular formula is C26H27N5OS. The van der Waals surface area contributed by atoms with Gasteiger partial charge in [0.15, 0.2) is 11.0 Å². The van der Waals surface area contributed by atoms with E-state index in [1.54, 1.807) is 6.20 Å². The van der Waals surface area contributed by atoms with E-state index in [2.05, 4.69) is 47.3 Å². The summed E-state index contributed by atoms with van der Waals surface area (Å²) in [5, 5.41) is 12.5. The maximum absolute atomic E-state index is 12.8. The highest BCUT2D eigenvalue weighted by Gasteiger charge is 2.20. The van der Waals surface area contributed by atoms with Crippen molar-refractivity contribution in [2.75, 3.05) is 11.1 Å². The number of hydrogen-bond acceptors (Lipinski definition) is 5. The van der Waals surface area contributed by atoms with Gasteiger partial charge in [0.25, 0.3) is 0 Å². The lowest BCUT2D eigenvalue weighted by molar-refractivity contribution is -0.113. The lowest BCUT2D eigenvalue weighted by Crippen LogP contribution is -2.20. The summed E-state index contributed by atoms with van der Waals surface area (Å²) < 4.78 is 1.95. The van der Waals surface area contributed by atoms with Crippen LogP contribution in [0.1, 0.15) is 31.9 Å². The lowest BCUT2D eigenvalue weighted by Gasteiger charge is -2.23. The number of aromatic nitrogens is 4. The van der Waals surface area contributed by atoms with E-state index in [9.17, 15) is 4.79 Å². The van der Waals surface area contributed by atoms with E-state index < -0.39 is 0 Å². The maximum atomic E-state index is 12.8. The summed E-state index contributed by atoms with van der Waals surface area (Å²) in [6, 6.07) is 21.7. The number of thioether (sulfide) groups is 1. The predicted molar refractivity (Wildman–Crippen MR) is 134 cm³/mol. The number of nitrogens with zero attached hydrogens (tertiary/aromatic N) is 4. The van der Waals surface area contributed by atoms with Crippen LogP contribution in [-0.2, 0) is 10.2 Å². The van der Waals surface area contributed by atoms with E-state index in [-0.39, 0.29) is 17.1 Å². The van der Waals surface area contributed by atoms with Gasteiger partial charge in [-0.3, -0.25) is 14.3 Å². The second-order valence-electron chi connectivity index (χ2n) is 8.82. The van der Waals surface area contributed by atoms with Gasteiger partial charge in [0.1, 0.15) is 5.69 Å². The fourth-order valence-corrected chi connectivity index (χ4v) is 4.27. The number of aryl methyl sites for hydroxylation is 1. The molecule has 0 atom stereocenters. The van der Waals surface area contributed by atoms with Crippen LogP contribution in [0.3, 0.4) is 0 Å². The number of pyridine rings is 1. The van der Waals surface area contributed by atoms with Gasteiger partial charge < -0.3 is 5.32 Å².